The van der Waals surface area contributed by atoms with Gasteiger partial charge < -0.3 is 5.11 Å². The lowest BCUT2D eigenvalue weighted by atomic mass is 10.0. The molecule has 1 atom stereocenters. The molecule has 0 aromatic heterocycles. The van der Waals surface area contributed by atoms with E-state index in [0.29, 0.717) is 5.92 Å². The fourth-order valence-electron chi connectivity index (χ4n) is 0.769. The molecule has 0 saturated carbocycles. The van der Waals surface area contributed by atoms with Crippen LogP contribution < -0.4 is 0 Å². The summed E-state index contributed by atoms with van der Waals surface area (Å²) in [4.78, 5) is 10.0. The number of allylic oxidation sites excluding steroid dienone is 1. The molecule has 1 N–H and O–H groups in total. The fourth-order valence-corrected chi connectivity index (χ4v) is 0.769. The smallest absolute Gasteiger partial charge is 0.327 e. The minimum atomic E-state index is -0.853. The van der Waals surface area contributed by atoms with Gasteiger partial charge in [-0.3, -0.25) is 0 Å². The number of rotatable bonds is 5. The summed E-state index contributed by atoms with van der Waals surface area (Å²) < 4.78 is 0. The van der Waals surface area contributed by atoms with Crippen molar-refractivity contribution in [3.8, 4) is 0 Å². The largest absolute Gasteiger partial charge is 0.478 e. The molecule has 2 nitrogen and oxygen atoms in total. The van der Waals surface area contributed by atoms with E-state index in [-0.39, 0.29) is 0 Å². The van der Waals surface area contributed by atoms with Crippen LogP contribution in [0.4, 0.5) is 0 Å². The molecule has 0 aromatic carbocycles. The van der Waals surface area contributed by atoms with Crippen LogP contribution >= 0.6 is 0 Å². The maximum atomic E-state index is 10.0. The van der Waals surface area contributed by atoms with Gasteiger partial charge in [0, 0.05) is 6.08 Å². The second-order valence-corrected chi connectivity index (χ2v) is 2.83. The fraction of sp³-hybridized carbons (Fsp3) is 0.667. The third kappa shape index (κ3) is 7.10. The van der Waals surface area contributed by atoms with Gasteiger partial charge in [0.05, 0.1) is 0 Å². The molecule has 0 fully saturated rings. The summed E-state index contributed by atoms with van der Waals surface area (Å²) in [5.74, 6) is -0.150. The van der Waals surface area contributed by atoms with E-state index in [0.717, 1.165) is 12.8 Å². The van der Waals surface area contributed by atoms with Crippen LogP contribution in [0.5, 0.6) is 0 Å². The molecular weight excluding hydrogens is 140 g/mol. The average molecular weight is 156 g/mol. The maximum absolute atomic E-state index is 10.0. The number of hydrogen-bond donors (Lipinski definition) is 1. The minimum absolute atomic E-state index is 0.702. The lowest BCUT2D eigenvalue weighted by molar-refractivity contribution is -0.131. The van der Waals surface area contributed by atoms with Gasteiger partial charge >= 0.3 is 5.97 Å². The average Bonchev–Trinajstić information content (AvgIpc) is 1.97. The van der Waals surface area contributed by atoms with Crippen molar-refractivity contribution in [3.63, 3.8) is 0 Å². The Morgan fingerprint density at radius 2 is 2.27 bits per heavy atom. The summed E-state index contributed by atoms with van der Waals surface area (Å²) >= 11 is 0. The molecular formula is C9H16O2. The summed E-state index contributed by atoms with van der Waals surface area (Å²) in [6.07, 6.45) is 6.05. The van der Waals surface area contributed by atoms with E-state index < -0.39 is 5.97 Å². The molecule has 0 aliphatic heterocycles. The number of carboxylic acids is 1. The molecule has 0 aliphatic rings. The molecule has 0 aromatic rings. The van der Waals surface area contributed by atoms with Crippen LogP contribution in [0.25, 0.3) is 0 Å². The van der Waals surface area contributed by atoms with E-state index >= 15 is 0 Å². The van der Waals surface area contributed by atoms with Crippen LogP contribution in [0, 0.1) is 5.92 Å². The van der Waals surface area contributed by atoms with E-state index in [9.17, 15) is 4.79 Å². The number of carbonyl (C=O) groups is 1. The Bertz CT molecular complexity index is 138. The molecule has 0 rings (SSSR count). The molecule has 2 heteroatoms. The Balaban J connectivity index is 3.33. The van der Waals surface area contributed by atoms with E-state index in [1.807, 2.05) is 0 Å². The molecule has 0 bridgehead atoms. The third-order valence-corrected chi connectivity index (χ3v) is 1.78. The van der Waals surface area contributed by atoms with Crippen molar-refractivity contribution in [2.24, 2.45) is 5.92 Å². The normalized spacial score (nSPS) is 13.6. The Morgan fingerprint density at radius 3 is 2.73 bits per heavy atom. The van der Waals surface area contributed by atoms with Crippen molar-refractivity contribution < 1.29 is 9.90 Å². The zero-order chi connectivity index (χ0) is 8.69. The van der Waals surface area contributed by atoms with Gasteiger partial charge in [-0.1, -0.05) is 26.3 Å². The molecule has 0 saturated heterocycles. The van der Waals surface area contributed by atoms with Crippen molar-refractivity contribution in [2.75, 3.05) is 0 Å². The van der Waals surface area contributed by atoms with Gasteiger partial charge in [0.15, 0.2) is 0 Å². The predicted molar refractivity (Wildman–Crippen MR) is 45.5 cm³/mol. The lowest BCUT2D eigenvalue weighted by Crippen LogP contribution is -1.91. The molecule has 0 aliphatic carbocycles. The molecule has 64 valence electrons. The highest BCUT2D eigenvalue weighted by molar-refractivity contribution is 5.79. The van der Waals surface area contributed by atoms with Gasteiger partial charge in [-0.2, -0.15) is 0 Å². The summed E-state index contributed by atoms with van der Waals surface area (Å²) in [5.41, 5.74) is 0. The van der Waals surface area contributed by atoms with Gasteiger partial charge in [-0.25, -0.2) is 4.79 Å². The second-order valence-electron chi connectivity index (χ2n) is 2.83. The molecule has 0 heterocycles. The zero-order valence-electron chi connectivity index (χ0n) is 7.21. The lowest BCUT2D eigenvalue weighted by Gasteiger charge is -2.03. The Morgan fingerprint density at radius 1 is 1.64 bits per heavy atom. The minimum Gasteiger partial charge on any atom is -0.478 e. The maximum Gasteiger partial charge on any atom is 0.327 e. The predicted octanol–water partition coefficient (Wildman–Crippen LogP) is 2.45. The Hall–Kier alpha value is -0.790. The van der Waals surface area contributed by atoms with Gasteiger partial charge in [0.25, 0.3) is 0 Å². The van der Waals surface area contributed by atoms with Crippen LogP contribution in [-0.4, -0.2) is 11.1 Å². The van der Waals surface area contributed by atoms with E-state index in [1.54, 1.807) is 6.08 Å². The molecule has 0 radical (unpaired) electrons. The van der Waals surface area contributed by atoms with Crippen LogP contribution in [0.3, 0.4) is 0 Å². The first-order chi connectivity index (χ1) is 5.16. The standard InChI is InChI=1S/C9H16O2/c1-3-8(2)6-4-5-7-9(10)11/h5,7-8H,3-4,6H2,1-2H3,(H,10,11)/b7-5+/t8-/m0/s1. The first-order valence-electron chi connectivity index (χ1n) is 4.06. The quantitative estimate of drug-likeness (QED) is 0.621. The van der Waals surface area contributed by atoms with Crippen molar-refractivity contribution in [1.29, 1.82) is 0 Å². The Kier molecular flexibility index (Phi) is 5.53. The highest BCUT2D eigenvalue weighted by Gasteiger charge is 1.95. The molecule has 11 heavy (non-hydrogen) atoms. The number of hydrogen-bond acceptors (Lipinski definition) is 1. The number of carboxylic acid groups (broad SMARTS) is 1. The van der Waals surface area contributed by atoms with Crippen LogP contribution in [0.15, 0.2) is 12.2 Å². The second kappa shape index (κ2) is 5.96. The highest BCUT2D eigenvalue weighted by atomic mass is 16.4. The van der Waals surface area contributed by atoms with Gasteiger partial charge in [0.1, 0.15) is 0 Å². The van der Waals surface area contributed by atoms with Crippen LogP contribution in [0.2, 0.25) is 0 Å². The summed E-state index contributed by atoms with van der Waals surface area (Å²) in [7, 11) is 0. The van der Waals surface area contributed by atoms with Crippen molar-refractivity contribution in [1.82, 2.24) is 0 Å². The van der Waals surface area contributed by atoms with E-state index in [4.69, 9.17) is 5.11 Å². The first-order valence-corrected chi connectivity index (χ1v) is 4.06. The summed E-state index contributed by atoms with van der Waals surface area (Å²) in [5, 5.41) is 8.25. The third-order valence-electron chi connectivity index (χ3n) is 1.78. The van der Waals surface area contributed by atoms with Crippen LogP contribution in [-0.2, 0) is 4.79 Å². The van der Waals surface area contributed by atoms with Gasteiger partial charge in [-0.05, 0) is 18.8 Å². The summed E-state index contributed by atoms with van der Waals surface area (Å²) in [6.45, 7) is 4.32. The van der Waals surface area contributed by atoms with E-state index in [1.165, 1.54) is 12.5 Å². The molecule has 0 spiro atoms. The van der Waals surface area contributed by atoms with Crippen molar-refractivity contribution in [3.05, 3.63) is 12.2 Å². The summed E-state index contributed by atoms with van der Waals surface area (Å²) in [6, 6.07) is 0. The topological polar surface area (TPSA) is 37.3 Å². The molecule has 0 amide bonds. The Labute approximate surface area is 67.9 Å². The zero-order valence-corrected chi connectivity index (χ0v) is 7.21. The van der Waals surface area contributed by atoms with Gasteiger partial charge in [-0.15, -0.1) is 0 Å². The SMILES string of the molecule is CC[C@H](C)CC/C=C/C(=O)O. The van der Waals surface area contributed by atoms with E-state index in [2.05, 4.69) is 13.8 Å². The highest BCUT2D eigenvalue weighted by Crippen LogP contribution is 2.09. The van der Waals surface area contributed by atoms with Crippen molar-refractivity contribution in [2.45, 2.75) is 33.1 Å². The van der Waals surface area contributed by atoms with Crippen LogP contribution in [0.1, 0.15) is 33.1 Å². The number of aliphatic carboxylic acids is 1. The molecule has 0 unspecified atom stereocenters. The monoisotopic (exact) mass is 156 g/mol. The van der Waals surface area contributed by atoms with Gasteiger partial charge in [0.2, 0.25) is 0 Å². The van der Waals surface area contributed by atoms with Crippen molar-refractivity contribution >= 4 is 5.97 Å². The first kappa shape index (κ1) is 10.2.